The number of nitrogens with zero attached hydrogens (tertiary/aromatic N) is 5. The fourth-order valence-corrected chi connectivity index (χ4v) is 4.24. The highest BCUT2D eigenvalue weighted by molar-refractivity contribution is 5.81. The van der Waals surface area contributed by atoms with Gasteiger partial charge in [-0.05, 0) is 34.0 Å². The van der Waals surface area contributed by atoms with Crippen LogP contribution >= 0.6 is 0 Å². The van der Waals surface area contributed by atoms with E-state index in [0.29, 0.717) is 25.2 Å². The largest absolute Gasteiger partial charge is 0.341 e. The summed E-state index contributed by atoms with van der Waals surface area (Å²) in [6, 6.07) is 1.20. The van der Waals surface area contributed by atoms with Gasteiger partial charge in [0.1, 0.15) is 0 Å². The first-order chi connectivity index (χ1) is 12.6. The normalized spacial score (nSPS) is 20.6. The summed E-state index contributed by atoms with van der Waals surface area (Å²) >= 11 is 0. The topological polar surface area (TPSA) is 47.1 Å². The summed E-state index contributed by atoms with van der Waals surface area (Å²) in [7, 11) is 12.8. The van der Waals surface area contributed by atoms with Crippen molar-refractivity contribution >= 4 is 11.8 Å². The highest BCUT2D eigenvalue weighted by atomic mass is 16.2. The molecule has 2 aliphatic rings. The number of carbonyl (C=O) groups excluding carboxylic acids is 2. The lowest BCUT2D eigenvalue weighted by molar-refractivity contribution is -0.897. The smallest absolute Gasteiger partial charge is 0.236 e. The van der Waals surface area contributed by atoms with Gasteiger partial charge in [-0.2, -0.15) is 0 Å². The second-order valence-corrected chi connectivity index (χ2v) is 9.48. The quantitative estimate of drug-likeness (QED) is 0.615. The molecule has 2 rings (SSSR count). The van der Waals surface area contributed by atoms with E-state index < -0.39 is 0 Å². The van der Waals surface area contributed by atoms with E-state index in [2.05, 4.69) is 40.1 Å². The van der Waals surface area contributed by atoms with Crippen molar-refractivity contribution in [1.29, 1.82) is 0 Å². The number of likely N-dealkylation sites (tertiary alicyclic amines) is 2. The number of amides is 2. The fourth-order valence-electron chi connectivity index (χ4n) is 4.24. The molecule has 2 heterocycles. The standard InChI is InChI=1S/C20H40N5O2/c1-21(2)17-7-11-23(12-8-17)19(26)15-22(3)16-20(27)24-13-9-18(10-14-24)25(4,5)6/h17-18H,7-16H2,1-6H3/q+1. The van der Waals surface area contributed by atoms with E-state index in [0.717, 1.165) is 56.3 Å². The van der Waals surface area contributed by atoms with E-state index in [1.807, 2.05) is 21.7 Å². The van der Waals surface area contributed by atoms with Gasteiger partial charge < -0.3 is 19.2 Å². The Labute approximate surface area is 165 Å². The van der Waals surface area contributed by atoms with Crippen LogP contribution in [0.15, 0.2) is 0 Å². The van der Waals surface area contributed by atoms with Crippen LogP contribution in [0.5, 0.6) is 0 Å². The molecule has 2 aliphatic heterocycles. The zero-order chi connectivity index (χ0) is 20.2. The van der Waals surface area contributed by atoms with Crippen molar-refractivity contribution in [2.24, 2.45) is 0 Å². The molecule has 156 valence electrons. The first kappa shape index (κ1) is 22.1. The van der Waals surface area contributed by atoms with Gasteiger partial charge in [-0.3, -0.25) is 14.5 Å². The number of rotatable bonds is 6. The predicted molar refractivity (Wildman–Crippen MR) is 108 cm³/mol. The molecular formula is C20H40N5O2+. The maximum atomic E-state index is 12.6. The summed E-state index contributed by atoms with van der Waals surface area (Å²) in [5, 5.41) is 0. The number of hydrogen-bond acceptors (Lipinski definition) is 4. The third-order valence-electron chi connectivity index (χ3n) is 6.27. The number of carbonyl (C=O) groups is 2. The minimum Gasteiger partial charge on any atom is -0.341 e. The molecule has 0 spiro atoms. The molecule has 0 aromatic rings. The first-order valence-corrected chi connectivity index (χ1v) is 10.3. The van der Waals surface area contributed by atoms with Gasteiger partial charge in [0.15, 0.2) is 0 Å². The van der Waals surface area contributed by atoms with Gasteiger partial charge >= 0.3 is 0 Å². The molecule has 0 unspecified atom stereocenters. The second-order valence-electron chi connectivity index (χ2n) is 9.48. The van der Waals surface area contributed by atoms with Gasteiger partial charge in [-0.15, -0.1) is 0 Å². The molecule has 0 N–H and O–H groups in total. The van der Waals surface area contributed by atoms with Gasteiger partial charge in [0.25, 0.3) is 0 Å². The van der Waals surface area contributed by atoms with Crippen LogP contribution in [-0.4, -0.2) is 130 Å². The summed E-state index contributed by atoms with van der Waals surface area (Å²) in [5.41, 5.74) is 0. The van der Waals surface area contributed by atoms with E-state index in [1.54, 1.807) is 0 Å². The van der Waals surface area contributed by atoms with Crippen LogP contribution in [0.2, 0.25) is 0 Å². The van der Waals surface area contributed by atoms with Crippen LogP contribution in [0.4, 0.5) is 0 Å². The van der Waals surface area contributed by atoms with Crippen molar-refractivity contribution in [1.82, 2.24) is 19.6 Å². The molecule has 2 saturated heterocycles. The van der Waals surface area contributed by atoms with E-state index >= 15 is 0 Å². The Kier molecular flexibility index (Phi) is 7.65. The highest BCUT2D eigenvalue weighted by Gasteiger charge is 2.31. The van der Waals surface area contributed by atoms with Crippen LogP contribution < -0.4 is 0 Å². The lowest BCUT2D eigenvalue weighted by atomic mass is 10.0. The summed E-state index contributed by atoms with van der Waals surface area (Å²) in [4.78, 5) is 33.2. The van der Waals surface area contributed by atoms with Crippen LogP contribution in [0.3, 0.4) is 0 Å². The highest BCUT2D eigenvalue weighted by Crippen LogP contribution is 2.19. The Bertz CT molecular complexity index is 501. The van der Waals surface area contributed by atoms with Gasteiger partial charge in [-0.1, -0.05) is 0 Å². The minimum absolute atomic E-state index is 0.145. The summed E-state index contributed by atoms with van der Waals surface area (Å²) in [6.07, 6.45) is 4.17. The lowest BCUT2D eigenvalue weighted by Gasteiger charge is -2.40. The number of hydrogen-bond donors (Lipinski definition) is 0. The second kappa shape index (κ2) is 9.34. The summed E-state index contributed by atoms with van der Waals surface area (Å²) in [6.45, 7) is 3.96. The molecule has 7 heteroatoms. The van der Waals surface area contributed by atoms with E-state index in [9.17, 15) is 9.59 Å². The third kappa shape index (κ3) is 6.43. The molecule has 0 bridgehead atoms. The summed E-state index contributed by atoms with van der Waals surface area (Å²) in [5.74, 6) is 0.294. The monoisotopic (exact) mass is 382 g/mol. The van der Waals surface area contributed by atoms with Crippen molar-refractivity contribution in [3.8, 4) is 0 Å². The van der Waals surface area contributed by atoms with Crippen LogP contribution in [0, 0.1) is 0 Å². The molecule has 0 saturated carbocycles. The Morgan fingerprint density at radius 2 is 1.22 bits per heavy atom. The van der Waals surface area contributed by atoms with Gasteiger partial charge in [0.2, 0.25) is 11.8 Å². The van der Waals surface area contributed by atoms with Crippen LogP contribution in [0.1, 0.15) is 25.7 Å². The molecule has 0 atom stereocenters. The van der Waals surface area contributed by atoms with Crippen molar-refractivity contribution in [2.45, 2.75) is 37.8 Å². The van der Waals surface area contributed by atoms with Gasteiger partial charge in [0.05, 0.1) is 40.3 Å². The molecule has 2 amide bonds. The maximum absolute atomic E-state index is 12.6. The van der Waals surface area contributed by atoms with E-state index in [-0.39, 0.29) is 11.8 Å². The van der Waals surface area contributed by atoms with Crippen molar-refractivity contribution in [3.63, 3.8) is 0 Å². The van der Waals surface area contributed by atoms with Crippen molar-refractivity contribution in [2.75, 3.05) is 81.6 Å². The lowest BCUT2D eigenvalue weighted by Crippen LogP contribution is -2.53. The average Bonchev–Trinajstić information content (AvgIpc) is 2.61. The van der Waals surface area contributed by atoms with Crippen LogP contribution in [-0.2, 0) is 9.59 Å². The predicted octanol–water partition coefficient (Wildman–Crippen LogP) is 0.168. The molecule has 27 heavy (non-hydrogen) atoms. The Morgan fingerprint density at radius 1 is 0.815 bits per heavy atom. The molecular weight excluding hydrogens is 342 g/mol. The first-order valence-electron chi connectivity index (χ1n) is 10.3. The fraction of sp³-hybridized carbons (Fsp3) is 0.900. The Hall–Kier alpha value is -1.18. The van der Waals surface area contributed by atoms with Crippen LogP contribution in [0.25, 0.3) is 0 Å². The Balaban J connectivity index is 1.72. The van der Waals surface area contributed by atoms with E-state index in [1.165, 1.54) is 0 Å². The molecule has 2 fully saturated rings. The van der Waals surface area contributed by atoms with Crippen molar-refractivity contribution in [3.05, 3.63) is 0 Å². The maximum Gasteiger partial charge on any atom is 0.236 e. The molecule has 0 aromatic heterocycles. The SMILES string of the molecule is CN(CC(=O)N1CCC(N(C)C)CC1)CC(=O)N1CCC([N+](C)(C)C)CC1. The average molecular weight is 383 g/mol. The molecule has 0 radical (unpaired) electrons. The number of likely N-dealkylation sites (N-methyl/N-ethyl adjacent to an activating group) is 1. The molecule has 0 aromatic carbocycles. The van der Waals surface area contributed by atoms with E-state index in [4.69, 9.17) is 0 Å². The van der Waals surface area contributed by atoms with Gasteiger partial charge in [-0.25, -0.2) is 0 Å². The van der Waals surface area contributed by atoms with Gasteiger partial charge in [0, 0.05) is 45.1 Å². The zero-order valence-corrected chi connectivity index (χ0v) is 18.3. The molecule has 0 aliphatic carbocycles. The summed E-state index contributed by atoms with van der Waals surface area (Å²) < 4.78 is 0.959. The minimum atomic E-state index is 0.145. The Morgan fingerprint density at radius 3 is 1.59 bits per heavy atom. The molecule has 7 nitrogen and oxygen atoms in total. The number of piperidine rings is 2. The third-order valence-corrected chi connectivity index (χ3v) is 6.27. The zero-order valence-electron chi connectivity index (χ0n) is 18.3. The number of quaternary nitrogens is 1. The van der Waals surface area contributed by atoms with Crippen molar-refractivity contribution < 1.29 is 14.1 Å².